The molecule has 0 aromatic heterocycles. The van der Waals surface area contributed by atoms with Gasteiger partial charge in [0.1, 0.15) is 6.10 Å². The van der Waals surface area contributed by atoms with E-state index in [4.69, 9.17) is 14.2 Å². The summed E-state index contributed by atoms with van der Waals surface area (Å²) in [7, 11) is 3.97. The van der Waals surface area contributed by atoms with Gasteiger partial charge in [-0.15, -0.1) is 0 Å². The molecule has 306 valence electrons. The minimum absolute atomic E-state index is 0.0566. The Kier molecular flexibility index (Phi) is 29.1. The van der Waals surface area contributed by atoms with E-state index in [2.05, 4.69) is 62.5 Å². The van der Waals surface area contributed by atoms with E-state index in [9.17, 15) is 4.79 Å². The summed E-state index contributed by atoms with van der Waals surface area (Å²) in [6, 6.07) is 0. The maximum atomic E-state index is 12.4. The van der Waals surface area contributed by atoms with Crippen LogP contribution in [0.15, 0.2) is 48.6 Å². The molecule has 2 unspecified atom stereocenters. The molecule has 0 aromatic carbocycles. The monoisotopic (exact) mass is 740 g/mol. The van der Waals surface area contributed by atoms with Gasteiger partial charge >= 0.3 is 5.97 Å². The molecule has 1 aliphatic carbocycles. The summed E-state index contributed by atoms with van der Waals surface area (Å²) in [6.45, 7) is 5.25. The predicted octanol–water partition coefficient (Wildman–Crippen LogP) is 13.9. The summed E-state index contributed by atoms with van der Waals surface area (Å²) in [5.41, 5.74) is 0. The number of nitrogens with zero attached hydrogens (tertiary/aromatic N) is 1. The summed E-state index contributed by atoms with van der Waals surface area (Å²) in [5, 5.41) is 0. The van der Waals surface area contributed by atoms with Crippen LogP contribution < -0.4 is 0 Å². The lowest BCUT2D eigenvalue weighted by atomic mass is 9.98. The first-order chi connectivity index (χ1) is 26.0. The quantitative estimate of drug-likeness (QED) is 0.0368. The van der Waals surface area contributed by atoms with E-state index >= 15 is 0 Å². The number of allylic oxidation sites excluding steroid dienone is 8. The van der Waals surface area contributed by atoms with Crippen LogP contribution in [0.1, 0.15) is 206 Å². The zero-order chi connectivity index (χ0) is 38.1. The lowest BCUT2D eigenvalue weighted by Crippen LogP contribution is -2.33. The van der Waals surface area contributed by atoms with E-state index in [1.54, 1.807) is 0 Å². The maximum absolute atomic E-state index is 12.4. The first-order valence-corrected chi connectivity index (χ1v) is 22.8. The minimum Gasteiger partial charge on any atom is -0.462 e. The SMILES string of the molecule is CCCCC/C=C\C/C=C\CCCCCCCCC1(CCCCCCCC/C=C/CC/C=C\CCCCC)O[C@H]2CC(OC(=O)CCN(C)C)C[C@H]2O1. The van der Waals surface area contributed by atoms with Gasteiger partial charge < -0.3 is 19.1 Å². The molecule has 5 heteroatoms. The molecule has 2 fully saturated rings. The van der Waals surface area contributed by atoms with Gasteiger partial charge in [0.05, 0.1) is 18.6 Å². The fourth-order valence-corrected chi connectivity index (χ4v) is 7.68. The number of unbranched alkanes of at least 4 members (excludes halogenated alkanes) is 19. The Hall–Kier alpha value is -1.69. The molecule has 0 bridgehead atoms. The van der Waals surface area contributed by atoms with Crippen molar-refractivity contribution in [1.82, 2.24) is 4.90 Å². The van der Waals surface area contributed by atoms with Crippen LogP contribution in [0.3, 0.4) is 0 Å². The molecule has 1 saturated heterocycles. The van der Waals surface area contributed by atoms with Gasteiger partial charge in [-0.25, -0.2) is 0 Å². The second kappa shape index (κ2) is 32.5. The first kappa shape index (κ1) is 47.5. The molecule has 0 N–H and O–H groups in total. The molecule has 1 heterocycles. The highest BCUT2D eigenvalue weighted by Gasteiger charge is 2.52. The Morgan fingerprint density at radius 2 is 0.962 bits per heavy atom. The van der Waals surface area contributed by atoms with Crippen molar-refractivity contribution < 1.29 is 19.0 Å². The number of fused-ring (bicyclic) bond motifs is 1. The van der Waals surface area contributed by atoms with Gasteiger partial charge in [0.15, 0.2) is 5.79 Å². The number of ether oxygens (including phenoxy) is 3. The molecule has 0 spiro atoms. The van der Waals surface area contributed by atoms with Crippen molar-refractivity contribution in [2.75, 3.05) is 20.6 Å². The van der Waals surface area contributed by atoms with Crippen molar-refractivity contribution in [1.29, 1.82) is 0 Å². The van der Waals surface area contributed by atoms with Crippen molar-refractivity contribution in [2.45, 2.75) is 231 Å². The van der Waals surface area contributed by atoms with Crippen LogP contribution in [-0.4, -0.2) is 55.6 Å². The normalized spacial score (nSPS) is 21.8. The predicted molar refractivity (Wildman–Crippen MR) is 227 cm³/mol. The third kappa shape index (κ3) is 25.2. The second-order valence-electron chi connectivity index (χ2n) is 16.4. The molecule has 4 atom stereocenters. The van der Waals surface area contributed by atoms with Gasteiger partial charge in [-0.3, -0.25) is 4.79 Å². The van der Waals surface area contributed by atoms with E-state index in [-0.39, 0.29) is 24.3 Å². The van der Waals surface area contributed by atoms with Crippen LogP contribution >= 0.6 is 0 Å². The van der Waals surface area contributed by atoms with Gasteiger partial charge in [0.2, 0.25) is 0 Å². The fraction of sp³-hybridized carbons (Fsp3) is 0.812. The molecule has 5 nitrogen and oxygen atoms in total. The van der Waals surface area contributed by atoms with Crippen LogP contribution in [0.2, 0.25) is 0 Å². The van der Waals surface area contributed by atoms with E-state index in [1.165, 1.54) is 141 Å². The molecule has 0 amide bonds. The molecule has 2 aliphatic rings. The van der Waals surface area contributed by atoms with E-state index < -0.39 is 5.79 Å². The molecule has 0 aromatic rings. The van der Waals surface area contributed by atoms with Crippen LogP contribution in [-0.2, 0) is 19.0 Å². The van der Waals surface area contributed by atoms with Gasteiger partial charge in [0.25, 0.3) is 0 Å². The van der Waals surface area contributed by atoms with E-state index in [1.807, 2.05) is 19.0 Å². The lowest BCUT2D eigenvalue weighted by Gasteiger charge is -2.30. The number of carbonyl (C=O) groups is 1. The second-order valence-corrected chi connectivity index (χ2v) is 16.4. The highest BCUT2D eigenvalue weighted by atomic mass is 16.8. The molecule has 1 saturated carbocycles. The third-order valence-electron chi connectivity index (χ3n) is 10.9. The van der Waals surface area contributed by atoms with E-state index in [0.717, 1.165) is 51.5 Å². The number of esters is 1. The van der Waals surface area contributed by atoms with Gasteiger partial charge in [0, 0.05) is 32.2 Å². The molecule has 1 aliphatic heterocycles. The Balaban J connectivity index is 1.63. The standard InChI is InChI=1S/C48H85NO4/c1-5-7-9-11-13-15-17-19-21-23-25-27-29-31-33-35-37-40-48(52-45-42-44(43-46(45)53-48)51-47(50)38-41-49(3)4)39-36-34-32-30-28-26-24-22-20-18-16-14-12-10-8-6-2/h13-16,20-23,44-46H,5-12,17-19,24-43H2,1-4H3/b15-13-,16-14-,22-20-,23-21+/t44?,45-,46+,48?. The van der Waals surface area contributed by atoms with Crippen molar-refractivity contribution in [3.05, 3.63) is 48.6 Å². The molecule has 0 radical (unpaired) electrons. The van der Waals surface area contributed by atoms with Crippen molar-refractivity contribution in [3.63, 3.8) is 0 Å². The highest BCUT2D eigenvalue weighted by Crippen LogP contribution is 2.44. The Morgan fingerprint density at radius 3 is 1.42 bits per heavy atom. The zero-order valence-corrected chi connectivity index (χ0v) is 35.4. The van der Waals surface area contributed by atoms with Gasteiger partial charge in [-0.1, -0.05) is 140 Å². The van der Waals surface area contributed by atoms with Crippen LogP contribution in [0.4, 0.5) is 0 Å². The van der Waals surface area contributed by atoms with Crippen LogP contribution in [0, 0.1) is 0 Å². The maximum Gasteiger partial charge on any atom is 0.307 e. The molecular weight excluding hydrogens is 655 g/mol. The van der Waals surface area contributed by atoms with Crippen molar-refractivity contribution in [3.8, 4) is 0 Å². The summed E-state index contributed by atoms with van der Waals surface area (Å²) < 4.78 is 19.4. The smallest absolute Gasteiger partial charge is 0.307 e. The summed E-state index contributed by atoms with van der Waals surface area (Å²) in [5.74, 6) is -0.548. The summed E-state index contributed by atoms with van der Waals surface area (Å²) in [6.07, 6.45) is 54.5. The Morgan fingerprint density at radius 1 is 0.566 bits per heavy atom. The van der Waals surface area contributed by atoms with Crippen LogP contribution in [0.25, 0.3) is 0 Å². The Bertz CT molecular complexity index is 970. The van der Waals surface area contributed by atoms with Gasteiger partial charge in [-0.2, -0.15) is 0 Å². The zero-order valence-electron chi connectivity index (χ0n) is 35.4. The topological polar surface area (TPSA) is 48.0 Å². The van der Waals surface area contributed by atoms with Gasteiger partial charge in [-0.05, 0) is 97.6 Å². The van der Waals surface area contributed by atoms with E-state index in [0.29, 0.717) is 6.42 Å². The average Bonchev–Trinajstić information content (AvgIpc) is 3.67. The van der Waals surface area contributed by atoms with Crippen molar-refractivity contribution >= 4 is 5.97 Å². The highest BCUT2D eigenvalue weighted by molar-refractivity contribution is 5.69. The molecular formula is C48H85NO4. The van der Waals surface area contributed by atoms with Crippen LogP contribution in [0.5, 0.6) is 0 Å². The Labute approximate surface area is 328 Å². The minimum atomic E-state index is -0.444. The number of carbonyl (C=O) groups excluding carboxylic acids is 1. The third-order valence-corrected chi connectivity index (χ3v) is 10.9. The van der Waals surface area contributed by atoms with Crippen molar-refractivity contribution in [2.24, 2.45) is 0 Å². The first-order valence-electron chi connectivity index (χ1n) is 22.8. The number of hydrogen-bond donors (Lipinski definition) is 0. The lowest BCUT2D eigenvalue weighted by molar-refractivity contribution is -0.196. The average molecular weight is 740 g/mol. The molecule has 53 heavy (non-hydrogen) atoms. The fourth-order valence-electron chi connectivity index (χ4n) is 7.68. The summed E-state index contributed by atoms with van der Waals surface area (Å²) in [4.78, 5) is 14.4. The number of rotatable bonds is 35. The molecule has 2 rings (SSSR count). The number of hydrogen-bond acceptors (Lipinski definition) is 5. The summed E-state index contributed by atoms with van der Waals surface area (Å²) >= 11 is 0. The largest absolute Gasteiger partial charge is 0.462 e.